The van der Waals surface area contributed by atoms with Crippen molar-refractivity contribution in [1.82, 2.24) is 4.98 Å². The van der Waals surface area contributed by atoms with Gasteiger partial charge in [0.2, 0.25) is 0 Å². The van der Waals surface area contributed by atoms with Crippen LogP contribution < -0.4 is 0 Å². The van der Waals surface area contributed by atoms with Gasteiger partial charge in [-0.25, -0.2) is 4.98 Å². The van der Waals surface area contributed by atoms with Crippen molar-refractivity contribution < 1.29 is 22.8 Å². The molecule has 1 unspecified atom stereocenters. The summed E-state index contributed by atoms with van der Waals surface area (Å²) in [5.41, 5.74) is 3.44. The third-order valence-electron chi connectivity index (χ3n) is 6.48. The van der Waals surface area contributed by atoms with Gasteiger partial charge in [-0.1, -0.05) is 38.5 Å². The molecule has 3 nitrogen and oxygen atoms in total. The number of aromatic nitrogens is 1. The van der Waals surface area contributed by atoms with E-state index in [1.54, 1.807) is 0 Å². The van der Waals surface area contributed by atoms with E-state index in [4.69, 9.17) is 0 Å². The molecule has 2 aromatic rings. The van der Waals surface area contributed by atoms with Gasteiger partial charge in [-0.05, 0) is 60.4 Å². The number of rotatable bonds is 7. The highest BCUT2D eigenvalue weighted by molar-refractivity contribution is 7.99. The first-order valence-corrected chi connectivity index (χ1v) is 12.4. The number of ketones is 2. The number of carbonyl (C=O) groups excluding carboxylic acids is 2. The van der Waals surface area contributed by atoms with Crippen LogP contribution in [0.1, 0.15) is 67.3 Å². The zero-order chi connectivity index (χ0) is 24.3. The summed E-state index contributed by atoms with van der Waals surface area (Å²) >= 11 is 1.35. The standard InChI is InChI=1S/C26H30F3NO2S/c1-5-17-9-15(3)10-18(6-2)24(17)25-21(31)11-19(12-22(25)32)16(4)14-33-23-8-7-20(13-30-23)26(27,28)29/h7-10,13,16,19,25H,5-6,11-12,14H2,1-4H3. The summed E-state index contributed by atoms with van der Waals surface area (Å²) in [4.78, 5) is 30.3. The first-order valence-electron chi connectivity index (χ1n) is 11.4. The largest absolute Gasteiger partial charge is 0.417 e. The van der Waals surface area contributed by atoms with Crippen molar-refractivity contribution in [3.8, 4) is 0 Å². The molecular formula is C26H30F3NO2S. The maximum Gasteiger partial charge on any atom is 0.417 e. The van der Waals surface area contributed by atoms with Gasteiger partial charge in [0.1, 0.15) is 17.5 Å². The van der Waals surface area contributed by atoms with Gasteiger partial charge in [-0.15, -0.1) is 11.8 Å². The fourth-order valence-corrected chi connectivity index (χ4v) is 5.62. The zero-order valence-corrected chi connectivity index (χ0v) is 20.3. The molecule has 1 atom stereocenters. The lowest BCUT2D eigenvalue weighted by atomic mass is 9.70. The summed E-state index contributed by atoms with van der Waals surface area (Å²) in [6.07, 6.45) is -1.33. The van der Waals surface area contributed by atoms with E-state index in [2.05, 4.69) is 17.1 Å². The third-order valence-corrected chi connectivity index (χ3v) is 7.71. The zero-order valence-electron chi connectivity index (χ0n) is 19.5. The van der Waals surface area contributed by atoms with Crippen LogP contribution in [0.25, 0.3) is 0 Å². The highest BCUT2D eigenvalue weighted by Crippen LogP contribution is 2.39. The Labute approximate surface area is 197 Å². The van der Waals surface area contributed by atoms with Crippen LogP contribution in [0.5, 0.6) is 0 Å². The molecule has 33 heavy (non-hydrogen) atoms. The molecule has 1 saturated carbocycles. The first kappa shape index (κ1) is 25.5. The fraction of sp³-hybridized carbons (Fsp3) is 0.500. The number of pyridine rings is 1. The van der Waals surface area contributed by atoms with Gasteiger partial charge in [0, 0.05) is 24.8 Å². The predicted octanol–water partition coefficient (Wildman–Crippen LogP) is 6.59. The highest BCUT2D eigenvalue weighted by Gasteiger charge is 2.40. The number of hydrogen-bond donors (Lipinski definition) is 0. The van der Waals surface area contributed by atoms with Crippen molar-refractivity contribution in [2.45, 2.75) is 70.5 Å². The molecule has 1 aliphatic rings. The van der Waals surface area contributed by atoms with Crippen molar-refractivity contribution in [1.29, 1.82) is 0 Å². The van der Waals surface area contributed by atoms with E-state index in [0.29, 0.717) is 23.6 Å². The number of halogens is 3. The van der Waals surface area contributed by atoms with Gasteiger partial charge < -0.3 is 0 Å². The van der Waals surface area contributed by atoms with Gasteiger partial charge in [0.15, 0.2) is 0 Å². The summed E-state index contributed by atoms with van der Waals surface area (Å²) in [7, 11) is 0. The monoisotopic (exact) mass is 477 g/mol. The molecule has 1 aromatic carbocycles. The maximum absolute atomic E-state index is 13.2. The van der Waals surface area contributed by atoms with Crippen molar-refractivity contribution in [3.05, 3.63) is 58.3 Å². The lowest BCUT2D eigenvalue weighted by Crippen LogP contribution is -2.35. The summed E-state index contributed by atoms with van der Waals surface area (Å²) in [5, 5.41) is 0.501. The van der Waals surface area contributed by atoms with Crippen molar-refractivity contribution in [2.75, 3.05) is 5.75 Å². The normalized spacial score (nSPS) is 20.2. The maximum atomic E-state index is 13.2. The Morgan fingerprint density at radius 2 is 1.64 bits per heavy atom. The van der Waals surface area contributed by atoms with Gasteiger partial charge >= 0.3 is 6.18 Å². The summed E-state index contributed by atoms with van der Waals surface area (Å²) in [6, 6.07) is 6.55. The van der Waals surface area contributed by atoms with Crippen LogP contribution in [0, 0.1) is 18.8 Å². The number of benzene rings is 1. The van der Waals surface area contributed by atoms with E-state index in [1.165, 1.54) is 17.8 Å². The molecule has 1 aromatic heterocycles. The average Bonchev–Trinajstić information content (AvgIpc) is 2.76. The Balaban J connectivity index is 1.69. The molecule has 1 heterocycles. The van der Waals surface area contributed by atoms with Gasteiger partial charge in [-0.2, -0.15) is 13.2 Å². The van der Waals surface area contributed by atoms with E-state index in [1.807, 2.05) is 27.7 Å². The first-order chi connectivity index (χ1) is 15.5. The molecule has 0 aliphatic heterocycles. The second-order valence-electron chi connectivity index (χ2n) is 8.91. The van der Waals surface area contributed by atoms with Crippen molar-refractivity contribution in [3.63, 3.8) is 0 Å². The second kappa shape index (κ2) is 10.4. The SMILES string of the molecule is CCc1cc(C)cc(CC)c1C1C(=O)CC(C(C)CSc2ccc(C(F)(F)F)cn2)CC1=O. The number of alkyl halides is 3. The minimum Gasteiger partial charge on any atom is -0.299 e. The smallest absolute Gasteiger partial charge is 0.299 e. The molecule has 0 radical (unpaired) electrons. The van der Waals surface area contributed by atoms with Gasteiger partial charge in [0.05, 0.1) is 10.6 Å². The number of carbonyl (C=O) groups is 2. The average molecular weight is 478 g/mol. The minimum absolute atomic E-state index is 0.0194. The lowest BCUT2D eigenvalue weighted by Gasteiger charge is -2.32. The Morgan fingerprint density at radius 1 is 1.06 bits per heavy atom. The molecule has 1 fully saturated rings. The highest BCUT2D eigenvalue weighted by atomic mass is 32.2. The summed E-state index contributed by atoms with van der Waals surface area (Å²) in [6.45, 7) is 8.12. The van der Waals surface area contributed by atoms with Crippen LogP contribution in [-0.2, 0) is 28.6 Å². The number of Topliss-reactive ketones (excluding diaryl/α,β-unsaturated/α-hetero) is 2. The second-order valence-corrected chi connectivity index (χ2v) is 9.95. The van der Waals surface area contributed by atoms with Crippen molar-refractivity contribution in [2.24, 2.45) is 11.8 Å². The van der Waals surface area contributed by atoms with Crippen LogP contribution in [0.3, 0.4) is 0 Å². The van der Waals surface area contributed by atoms with Gasteiger partial charge in [-0.3, -0.25) is 9.59 Å². The van der Waals surface area contributed by atoms with Crippen LogP contribution in [0.15, 0.2) is 35.5 Å². The molecular weight excluding hydrogens is 447 g/mol. The molecule has 1 aliphatic carbocycles. The Kier molecular flexibility index (Phi) is 8.04. The molecule has 0 saturated heterocycles. The van der Waals surface area contributed by atoms with Crippen molar-refractivity contribution >= 4 is 23.3 Å². The molecule has 7 heteroatoms. The molecule has 178 valence electrons. The fourth-order valence-electron chi connectivity index (χ4n) is 4.62. The predicted molar refractivity (Wildman–Crippen MR) is 125 cm³/mol. The summed E-state index contributed by atoms with van der Waals surface area (Å²) < 4.78 is 38.1. The third kappa shape index (κ3) is 5.86. The molecule has 0 spiro atoms. The number of aryl methyl sites for hydroxylation is 3. The Hall–Kier alpha value is -2.15. The Bertz CT molecular complexity index is 974. The van der Waals surface area contributed by atoms with E-state index < -0.39 is 17.7 Å². The summed E-state index contributed by atoms with van der Waals surface area (Å²) in [5.74, 6) is -0.142. The molecule has 0 N–H and O–H groups in total. The number of thioether (sulfide) groups is 1. The number of nitrogens with zero attached hydrogens (tertiary/aromatic N) is 1. The van der Waals surface area contributed by atoms with E-state index >= 15 is 0 Å². The quantitative estimate of drug-likeness (QED) is 0.333. The Morgan fingerprint density at radius 3 is 2.09 bits per heavy atom. The minimum atomic E-state index is -4.41. The number of hydrogen-bond acceptors (Lipinski definition) is 4. The van der Waals surface area contributed by atoms with Gasteiger partial charge in [0.25, 0.3) is 0 Å². The van der Waals surface area contributed by atoms with E-state index in [-0.39, 0.29) is 23.4 Å². The molecule has 0 bridgehead atoms. The van der Waals surface area contributed by atoms with Crippen LogP contribution >= 0.6 is 11.8 Å². The van der Waals surface area contributed by atoms with Crippen LogP contribution in [0.4, 0.5) is 13.2 Å². The molecule has 0 amide bonds. The van der Waals surface area contributed by atoms with E-state index in [0.717, 1.165) is 47.4 Å². The van der Waals surface area contributed by atoms with Crippen LogP contribution in [-0.4, -0.2) is 22.3 Å². The van der Waals surface area contributed by atoms with E-state index in [9.17, 15) is 22.8 Å². The molecule has 3 rings (SSSR count). The topological polar surface area (TPSA) is 47.0 Å². The lowest BCUT2D eigenvalue weighted by molar-refractivity contribution is -0.138. The van der Waals surface area contributed by atoms with Crippen LogP contribution in [0.2, 0.25) is 0 Å².